The van der Waals surface area contributed by atoms with Crippen molar-refractivity contribution in [1.29, 1.82) is 0 Å². The molecule has 1 saturated heterocycles. The number of hydrogen-bond acceptors (Lipinski definition) is 3. The van der Waals surface area contributed by atoms with Crippen molar-refractivity contribution in [3.63, 3.8) is 0 Å². The molecule has 0 radical (unpaired) electrons. The van der Waals surface area contributed by atoms with E-state index in [4.69, 9.17) is 0 Å². The molecule has 1 fully saturated rings. The van der Waals surface area contributed by atoms with Crippen molar-refractivity contribution in [3.05, 3.63) is 71.3 Å². The minimum Gasteiger partial charge on any atom is -0.508 e. The van der Waals surface area contributed by atoms with E-state index in [1.54, 1.807) is 12.1 Å². The monoisotopic (exact) mass is 388 g/mol. The number of hydrogen-bond donors (Lipinski definition) is 2. The molecule has 1 amide bonds. The number of phenols is 1. The number of amides is 1. The molecule has 4 nitrogen and oxygen atoms in total. The van der Waals surface area contributed by atoms with Crippen molar-refractivity contribution < 1.29 is 9.90 Å². The molecule has 0 saturated carbocycles. The standard InChI is InChI=1S/C25H28N2O2/c28-19-11-8-17(9-12-19)24-21-7-5-6-20(21)22-16-18(10-13-23(22)26-24)25(29)27-14-3-1-2-4-15-27/h5-6,8-13,16,20-21,24,26,28H,1-4,7,14-15H2. The van der Waals surface area contributed by atoms with E-state index in [0.717, 1.165) is 43.6 Å². The predicted octanol–water partition coefficient (Wildman–Crippen LogP) is 5.23. The maximum atomic E-state index is 13.1. The molecule has 5 rings (SSSR count). The number of nitrogens with zero attached hydrogens (tertiary/aromatic N) is 1. The molecule has 150 valence electrons. The fourth-order valence-electron chi connectivity index (χ4n) is 5.20. The van der Waals surface area contributed by atoms with E-state index in [1.807, 2.05) is 23.1 Å². The molecule has 0 spiro atoms. The van der Waals surface area contributed by atoms with Crippen molar-refractivity contribution in [2.45, 2.75) is 44.1 Å². The van der Waals surface area contributed by atoms with Crippen LogP contribution < -0.4 is 5.32 Å². The van der Waals surface area contributed by atoms with Gasteiger partial charge < -0.3 is 15.3 Å². The zero-order chi connectivity index (χ0) is 19.8. The highest BCUT2D eigenvalue weighted by Crippen LogP contribution is 2.50. The van der Waals surface area contributed by atoms with E-state index >= 15 is 0 Å². The normalized spacial score (nSPS) is 25.7. The van der Waals surface area contributed by atoms with Crippen molar-refractivity contribution >= 4 is 11.6 Å². The highest BCUT2D eigenvalue weighted by Gasteiger charge is 2.38. The Balaban J connectivity index is 1.45. The zero-order valence-electron chi connectivity index (χ0n) is 16.7. The van der Waals surface area contributed by atoms with Crippen LogP contribution in [0.5, 0.6) is 5.75 Å². The first-order chi connectivity index (χ1) is 14.2. The summed E-state index contributed by atoms with van der Waals surface area (Å²) in [5.74, 6) is 1.22. The second-order valence-corrected chi connectivity index (χ2v) is 8.58. The minimum atomic E-state index is 0.175. The maximum Gasteiger partial charge on any atom is 0.253 e. The Morgan fingerprint density at radius 3 is 2.52 bits per heavy atom. The summed E-state index contributed by atoms with van der Waals surface area (Å²) < 4.78 is 0. The molecule has 2 aliphatic heterocycles. The smallest absolute Gasteiger partial charge is 0.253 e. The van der Waals surface area contributed by atoms with Crippen molar-refractivity contribution in [3.8, 4) is 5.75 Å². The van der Waals surface area contributed by atoms with Gasteiger partial charge in [0.15, 0.2) is 0 Å². The minimum absolute atomic E-state index is 0.175. The Labute approximate surface area is 172 Å². The summed E-state index contributed by atoms with van der Waals surface area (Å²) in [5.41, 5.74) is 4.36. The highest BCUT2D eigenvalue weighted by atomic mass is 16.3. The fourth-order valence-corrected chi connectivity index (χ4v) is 5.20. The number of benzene rings is 2. The third-order valence-corrected chi connectivity index (χ3v) is 6.76. The second-order valence-electron chi connectivity index (χ2n) is 8.58. The second kappa shape index (κ2) is 7.58. The van der Waals surface area contributed by atoms with E-state index in [1.165, 1.54) is 24.0 Å². The van der Waals surface area contributed by atoms with Crippen LogP contribution in [0.1, 0.15) is 65.5 Å². The molecule has 29 heavy (non-hydrogen) atoms. The van der Waals surface area contributed by atoms with Gasteiger partial charge in [-0.1, -0.05) is 37.1 Å². The van der Waals surface area contributed by atoms with Gasteiger partial charge >= 0.3 is 0 Å². The summed E-state index contributed by atoms with van der Waals surface area (Å²) >= 11 is 0. The number of anilines is 1. The van der Waals surface area contributed by atoms with Crippen LogP contribution in [0.3, 0.4) is 0 Å². The summed E-state index contributed by atoms with van der Waals surface area (Å²) in [6.45, 7) is 1.76. The molecule has 3 aliphatic rings. The van der Waals surface area contributed by atoms with Gasteiger partial charge in [0.1, 0.15) is 5.75 Å². The van der Waals surface area contributed by atoms with Crippen LogP contribution in [-0.4, -0.2) is 29.0 Å². The quantitative estimate of drug-likeness (QED) is 0.692. The van der Waals surface area contributed by atoms with E-state index in [2.05, 4.69) is 29.6 Å². The molecular weight excluding hydrogens is 360 g/mol. The molecule has 0 bridgehead atoms. The van der Waals surface area contributed by atoms with Crippen LogP contribution in [0.15, 0.2) is 54.6 Å². The van der Waals surface area contributed by atoms with Crippen LogP contribution in [0.2, 0.25) is 0 Å². The van der Waals surface area contributed by atoms with E-state index < -0.39 is 0 Å². The summed E-state index contributed by atoms with van der Waals surface area (Å²) in [7, 11) is 0. The number of likely N-dealkylation sites (tertiary alicyclic amines) is 1. The number of rotatable bonds is 2. The molecule has 3 unspecified atom stereocenters. The van der Waals surface area contributed by atoms with Crippen molar-refractivity contribution in [2.24, 2.45) is 5.92 Å². The molecule has 1 aliphatic carbocycles. The number of allylic oxidation sites excluding steroid dienone is 2. The number of carbonyl (C=O) groups is 1. The lowest BCUT2D eigenvalue weighted by Gasteiger charge is -2.38. The van der Waals surface area contributed by atoms with Crippen LogP contribution in [0.4, 0.5) is 5.69 Å². The van der Waals surface area contributed by atoms with Crippen molar-refractivity contribution in [1.82, 2.24) is 4.90 Å². The maximum absolute atomic E-state index is 13.1. The third kappa shape index (κ3) is 3.41. The predicted molar refractivity (Wildman–Crippen MR) is 115 cm³/mol. The Kier molecular flexibility index (Phi) is 4.78. The lowest BCUT2D eigenvalue weighted by atomic mass is 9.76. The third-order valence-electron chi connectivity index (χ3n) is 6.76. The SMILES string of the molecule is O=C(c1ccc2c(c1)C1C=CCC1C(c1ccc(O)cc1)N2)N1CCCCCC1. The molecule has 2 aromatic rings. The first-order valence-electron chi connectivity index (χ1n) is 10.9. The van der Waals surface area contributed by atoms with Gasteiger partial charge in [-0.2, -0.15) is 0 Å². The molecule has 3 atom stereocenters. The van der Waals surface area contributed by atoms with Crippen LogP contribution >= 0.6 is 0 Å². The number of phenolic OH excluding ortho intramolecular Hbond substituents is 1. The molecule has 2 N–H and O–H groups in total. The van der Waals surface area contributed by atoms with Crippen LogP contribution in [0.25, 0.3) is 0 Å². The summed E-state index contributed by atoms with van der Waals surface area (Å²) in [6, 6.07) is 13.9. The number of aromatic hydroxyl groups is 1. The Bertz CT molecular complexity index is 926. The van der Waals surface area contributed by atoms with Crippen LogP contribution in [0, 0.1) is 5.92 Å². The fraction of sp³-hybridized carbons (Fsp3) is 0.400. The first-order valence-corrected chi connectivity index (χ1v) is 10.9. The zero-order valence-corrected chi connectivity index (χ0v) is 16.7. The van der Waals surface area contributed by atoms with Gasteiger partial charge in [-0.25, -0.2) is 0 Å². The number of carbonyl (C=O) groups excluding carboxylic acids is 1. The largest absolute Gasteiger partial charge is 0.508 e. The summed E-state index contributed by atoms with van der Waals surface area (Å²) in [6.07, 6.45) is 10.3. The lowest BCUT2D eigenvalue weighted by molar-refractivity contribution is 0.0761. The Morgan fingerprint density at radius 2 is 1.76 bits per heavy atom. The van der Waals surface area contributed by atoms with Crippen LogP contribution in [-0.2, 0) is 0 Å². The van der Waals surface area contributed by atoms with E-state index in [9.17, 15) is 9.90 Å². The van der Waals surface area contributed by atoms with Gasteiger partial charge in [-0.3, -0.25) is 4.79 Å². The van der Waals surface area contributed by atoms with Gasteiger partial charge in [0.2, 0.25) is 0 Å². The van der Waals surface area contributed by atoms with Gasteiger partial charge in [-0.05, 0) is 66.6 Å². The van der Waals surface area contributed by atoms with Gasteiger partial charge in [0.05, 0.1) is 6.04 Å². The molecule has 2 aromatic carbocycles. The number of nitrogens with one attached hydrogen (secondary N) is 1. The molecule has 2 heterocycles. The lowest BCUT2D eigenvalue weighted by Crippen LogP contribution is -2.33. The average molecular weight is 389 g/mol. The summed E-state index contributed by atoms with van der Waals surface area (Å²) in [5, 5.41) is 13.4. The van der Waals surface area contributed by atoms with Gasteiger partial charge in [-0.15, -0.1) is 0 Å². The topological polar surface area (TPSA) is 52.6 Å². The number of fused-ring (bicyclic) bond motifs is 3. The van der Waals surface area contributed by atoms with E-state index in [0.29, 0.717) is 17.6 Å². The van der Waals surface area contributed by atoms with E-state index in [-0.39, 0.29) is 11.9 Å². The Hall–Kier alpha value is -2.75. The van der Waals surface area contributed by atoms with Gasteiger partial charge in [0, 0.05) is 30.3 Å². The Morgan fingerprint density at radius 1 is 1.00 bits per heavy atom. The first kappa shape index (κ1) is 18.3. The molecular formula is C25H28N2O2. The molecule has 4 heteroatoms. The average Bonchev–Trinajstić information content (AvgIpc) is 3.09. The highest BCUT2D eigenvalue weighted by molar-refractivity contribution is 5.95. The van der Waals surface area contributed by atoms with Crippen molar-refractivity contribution in [2.75, 3.05) is 18.4 Å². The summed E-state index contributed by atoms with van der Waals surface area (Å²) in [4.78, 5) is 15.1. The van der Waals surface area contributed by atoms with Gasteiger partial charge in [0.25, 0.3) is 5.91 Å². The molecule has 0 aromatic heterocycles.